The molecule has 0 radical (unpaired) electrons. The van der Waals surface area contributed by atoms with Crippen LogP contribution in [0.4, 0.5) is 0 Å². The number of carbonyl (C=O) groups is 1. The SMILES string of the molecule is CC(C)[C@H]1CC[C@H](C)C[C@@H]1OC(=O)C(c1ccccc1)N(S(=O)(=O)c1ccccc1)S(=O)(=O)c1ccccc1. The molecule has 4 atom stereocenters. The molecule has 7 nitrogen and oxygen atoms in total. The molecule has 1 aliphatic carbocycles. The van der Waals surface area contributed by atoms with Crippen molar-refractivity contribution in [2.45, 2.75) is 62.0 Å². The first-order chi connectivity index (χ1) is 18.5. The largest absolute Gasteiger partial charge is 0.461 e. The number of nitrogens with zero attached hydrogens (tertiary/aromatic N) is 1. The molecule has 1 fully saturated rings. The second-order valence-corrected chi connectivity index (χ2v) is 14.3. The van der Waals surface area contributed by atoms with Crippen molar-refractivity contribution >= 4 is 26.0 Å². The first-order valence-corrected chi connectivity index (χ1v) is 16.1. The smallest absolute Gasteiger partial charge is 0.330 e. The van der Waals surface area contributed by atoms with E-state index in [9.17, 15) is 21.6 Å². The lowest BCUT2D eigenvalue weighted by molar-refractivity contribution is -0.159. The van der Waals surface area contributed by atoms with Gasteiger partial charge in [-0.15, -0.1) is 0 Å². The van der Waals surface area contributed by atoms with E-state index in [1.54, 1.807) is 42.5 Å². The topological polar surface area (TPSA) is 97.8 Å². The van der Waals surface area contributed by atoms with Crippen LogP contribution in [0.15, 0.2) is 101 Å². The summed E-state index contributed by atoms with van der Waals surface area (Å²) >= 11 is 0. The number of rotatable bonds is 9. The fourth-order valence-electron chi connectivity index (χ4n) is 5.24. The van der Waals surface area contributed by atoms with Crippen LogP contribution < -0.4 is 0 Å². The summed E-state index contributed by atoms with van der Waals surface area (Å²) in [4.78, 5) is 13.6. The van der Waals surface area contributed by atoms with Gasteiger partial charge in [0, 0.05) is 0 Å². The summed E-state index contributed by atoms with van der Waals surface area (Å²) in [6.07, 6.45) is 2.07. The van der Waals surface area contributed by atoms with Crippen LogP contribution in [0.5, 0.6) is 0 Å². The highest BCUT2D eigenvalue weighted by Gasteiger charge is 2.48. The summed E-state index contributed by atoms with van der Waals surface area (Å²) in [6.45, 7) is 6.24. The standard InChI is InChI=1S/C30H35NO6S2/c1-22(2)27-20-19-23(3)21-28(27)37-30(32)29(24-13-7-4-8-14-24)31(38(33,34)25-15-9-5-10-16-25)39(35,36)26-17-11-6-12-18-26/h4-18,22-23,27-29H,19-21H2,1-3H3/t23-,27+,28-,29?/m0/s1. The first kappa shape index (κ1) is 29.0. The van der Waals surface area contributed by atoms with Crippen molar-refractivity contribution in [3.8, 4) is 0 Å². The number of benzene rings is 3. The Labute approximate surface area is 231 Å². The van der Waals surface area contributed by atoms with E-state index in [2.05, 4.69) is 20.8 Å². The van der Waals surface area contributed by atoms with E-state index in [1.807, 2.05) is 0 Å². The maximum Gasteiger partial charge on any atom is 0.330 e. The summed E-state index contributed by atoms with van der Waals surface area (Å²) in [5, 5.41) is 0. The Morgan fingerprint density at radius 3 is 1.69 bits per heavy atom. The summed E-state index contributed by atoms with van der Waals surface area (Å²) in [7, 11) is -9.47. The van der Waals surface area contributed by atoms with E-state index in [4.69, 9.17) is 4.74 Å². The Balaban J connectivity index is 1.89. The number of hydrogen-bond acceptors (Lipinski definition) is 6. The van der Waals surface area contributed by atoms with E-state index in [0.717, 1.165) is 12.8 Å². The molecule has 0 spiro atoms. The van der Waals surface area contributed by atoms with Gasteiger partial charge in [-0.2, -0.15) is 0 Å². The number of sulfonamides is 2. The monoisotopic (exact) mass is 569 g/mol. The summed E-state index contributed by atoms with van der Waals surface area (Å²) in [5.74, 6) is -0.260. The fourth-order valence-corrected chi connectivity index (χ4v) is 9.18. The first-order valence-electron chi connectivity index (χ1n) is 13.2. The van der Waals surface area contributed by atoms with Gasteiger partial charge < -0.3 is 4.74 Å². The van der Waals surface area contributed by atoms with E-state index in [-0.39, 0.29) is 27.2 Å². The number of esters is 1. The Hall–Kier alpha value is -3.01. The molecule has 0 aliphatic heterocycles. The van der Waals surface area contributed by atoms with Crippen molar-refractivity contribution in [2.24, 2.45) is 17.8 Å². The number of carbonyl (C=O) groups excluding carboxylic acids is 1. The van der Waals surface area contributed by atoms with Crippen LogP contribution in [-0.4, -0.2) is 32.6 Å². The van der Waals surface area contributed by atoms with Crippen molar-refractivity contribution in [2.75, 3.05) is 0 Å². The third kappa shape index (κ3) is 6.26. The van der Waals surface area contributed by atoms with Gasteiger partial charge in [-0.25, -0.2) is 21.6 Å². The molecule has 4 rings (SSSR count). The molecule has 1 aliphatic rings. The van der Waals surface area contributed by atoms with Crippen LogP contribution in [-0.2, 0) is 29.6 Å². The Morgan fingerprint density at radius 2 is 1.23 bits per heavy atom. The van der Waals surface area contributed by atoms with Gasteiger partial charge in [-0.1, -0.05) is 97.6 Å². The molecule has 3 aromatic carbocycles. The van der Waals surface area contributed by atoms with Crippen LogP contribution in [0, 0.1) is 17.8 Å². The third-order valence-corrected chi connectivity index (χ3v) is 11.6. The van der Waals surface area contributed by atoms with Crippen molar-refractivity contribution in [1.29, 1.82) is 0 Å². The average Bonchev–Trinajstić information content (AvgIpc) is 2.92. The van der Waals surface area contributed by atoms with Crippen molar-refractivity contribution < 1.29 is 26.4 Å². The number of ether oxygens (including phenoxy) is 1. The quantitative estimate of drug-likeness (QED) is 0.302. The van der Waals surface area contributed by atoms with Crippen LogP contribution >= 0.6 is 0 Å². The van der Waals surface area contributed by atoms with Gasteiger partial charge in [-0.05, 0) is 60.4 Å². The summed E-state index contributed by atoms with van der Waals surface area (Å²) < 4.78 is 62.9. The minimum Gasteiger partial charge on any atom is -0.461 e. The fraction of sp³-hybridized carbons (Fsp3) is 0.367. The van der Waals surface area contributed by atoms with Crippen LogP contribution in [0.1, 0.15) is 51.6 Å². The van der Waals surface area contributed by atoms with Crippen LogP contribution in [0.2, 0.25) is 0 Å². The zero-order chi connectivity index (χ0) is 28.2. The van der Waals surface area contributed by atoms with E-state index in [1.165, 1.54) is 48.5 Å². The van der Waals surface area contributed by atoms with Gasteiger partial charge in [0.25, 0.3) is 20.0 Å². The zero-order valence-corrected chi connectivity index (χ0v) is 24.0. The zero-order valence-electron chi connectivity index (χ0n) is 22.4. The highest BCUT2D eigenvalue weighted by Crippen LogP contribution is 2.39. The molecule has 0 heterocycles. The van der Waals surface area contributed by atoms with Gasteiger partial charge in [0.2, 0.25) is 0 Å². The Morgan fingerprint density at radius 1 is 0.769 bits per heavy atom. The molecule has 0 aromatic heterocycles. The van der Waals surface area contributed by atoms with Crippen molar-refractivity contribution in [3.05, 3.63) is 96.6 Å². The lowest BCUT2D eigenvalue weighted by atomic mass is 9.75. The van der Waals surface area contributed by atoms with E-state index < -0.39 is 38.2 Å². The Bertz CT molecular complexity index is 1390. The lowest BCUT2D eigenvalue weighted by Crippen LogP contribution is -2.45. The molecule has 3 aromatic rings. The third-order valence-electron chi connectivity index (χ3n) is 7.33. The molecule has 208 valence electrons. The number of hydrogen-bond donors (Lipinski definition) is 0. The van der Waals surface area contributed by atoms with Crippen LogP contribution in [0.25, 0.3) is 0 Å². The van der Waals surface area contributed by atoms with Crippen molar-refractivity contribution in [3.63, 3.8) is 0 Å². The maximum atomic E-state index is 14.1. The highest BCUT2D eigenvalue weighted by molar-refractivity contribution is 8.04. The van der Waals surface area contributed by atoms with Crippen LogP contribution in [0.3, 0.4) is 0 Å². The highest BCUT2D eigenvalue weighted by atomic mass is 32.3. The van der Waals surface area contributed by atoms with Gasteiger partial charge in [0.15, 0.2) is 6.04 Å². The molecule has 0 amide bonds. The minimum atomic E-state index is -4.74. The van der Waals surface area contributed by atoms with E-state index in [0.29, 0.717) is 16.0 Å². The molecule has 1 unspecified atom stereocenters. The molecule has 0 bridgehead atoms. The molecule has 0 saturated heterocycles. The molecular formula is C30H35NO6S2. The molecule has 39 heavy (non-hydrogen) atoms. The Kier molecular flexibility index (Phi) is 8.93. The van der Waals surface area contributed by atoms with Gasteiger partial charge in [-0.3, -0.25) is 0 Å². The van der Waals surface area contributed by atoms with E-state index >= 15 is 0 Å². The van der Waals surface area contributed by atoms with Crippen molar-refractivity contribution in [1.82, 2.24) is 3.71 Å². The normalized spacial score (nSPS) is 21.0. The minimum absolute atomic E-state index is 0.0893. The van der Waals surface area contributed by atoms with Gasteiger partial charge in [0.1, 0.15) is 6.10 Å². The predicted octanol–water partition coefficient (Wildman–Crippen LogP) is 5.81. The lowest BCUT2D eigenvalue weighted by Gasteiger charge is -2.38. The summed E-state index contributed by atoms with van der Waals surface area (Å²) in [5.41, 5.74) is 0.200. The molecule has 0 N–H and O–H groups in total. The van der Waals surface area contributed by atoms with Gasteiger partial charge >= 0.3 is 5.97 Å². The molecule has 9 heteroatoms. The van der Waals surface area contributed by atoms with Gasteiger partial charge in [0.05, 0.1) is 9.79 Å². The predicted molar refractivity (Wildman–Crippen MR) is 150 cm³/mol. The second kappa shape index (κ2) is 12.0. The summed E-state index contributed by atoms with van der Waals surface area (Å²) in [6, 6.07) is 20.9. The average molecular weight is 570 g/mol. The second-order valence-electron chi connectivity index (χ2n) is 10.5. The maximum absolute atomic E-state index is 14.1. The molecular weight excluding hydrogens is 534 g/mol. The molecule has 1 saturated carbocycles.